The average Bonchev–Trinajstić information content (AvgIpc) is 3.16. The molecule has 1 heterocycles. The van der Waals surface area contributed by atoms with Crippen LogP contribution in [0, 0.1) is 0 Å². The molecule has 1 atom stereocenters. The summed E-state index contributed by atoms with van der Waals surface area (Å²) in [5.41, 5.74) is 1.30. The van der Waals surface area contributed by atoms with Gasteiger partial charge in [0, 0.05) is 17.8 Å². The molecular formula is C23H19N3O4S. The fourth-order valence-electron chi connectivity index (χ4n) is 2.77. The monoisotopic (exact) mass is 433 g/mol. The number of nitrogens with zero attached hydrogens (tertiary/aromatic N) is 2. The number of ether oxygens (including phenoxy) is 1. The molecule has 8 heteroatoms. The summed E-state index contributed by atoms with van der Waals surface area (Å²) >= 11 is 1.09. The summed E-state index contributed by atoms with van der Waals surface area (Å²) in [5.74, 6) is 0.562. The highest BCUT2D eigenvalue weighted by Gasteiger charge is 2.26. The lowest BCUT2D eigenvalue weighted by Gasteiger charge is -2.11. The first-order chi connectivity index (χ1) is 15.1. The highest BCUT2D eigenvalue weighted by Crippen LogP contribution is 2.28. The predicted octanol–water partition coefficient (Wildman–Crippen LogP) is 3.94. The molecule has 3 aromatic carbocycles. The van der Waals surface area contributed by atoms with E-state index >= 15 is 0 Å². The standard InChI is InChI=1S/C23H19N3O4S/c1-16(31-22-23(28)30-25-26(22)18-8-4-2-5-9-18)21(27)24-17-12-14-20(15-13-17)29-19-10-6-3-7-11-19/h2-16H,1H3,(H-,24,25,27,28). The van der Waals surface area contributed by atoms with Crippen LogP contribution in [0.5, 0.6) is 17.4 Å². The van der Waals surface area contributed by atoms with E-state index in [4.69, 9.17) is 9.26 Å². The van der Waals surface area contributed by atoms with Gasteiger partial charge in [-0.15, -0.1) is 0 Å². The van der Waals surface area contributed by atoms with Crippen LogP contribution < -0.4 is 19.8 Å². The molecule has 0 aliphatic heterocycles. The zero-order valence-electron chi connectivity index (χ0n) is 16.6. The minimum Gasteiger partial charge on any atom is -0.538 e. The summed E-state index contributed by atoms with van der Waals surface area (Å²) in [6.07, 6.45) is 0. The number of para-hydroxylation sites is 2. The summed E-state index contributed by atoms with van der Waals surface area (Å²) in [6, 6.07) is 25.6. The molecule has 0 saturated heterocycles. The van der Waals surface area contributed by atoms with Crippen molar-refractivity contribution in [2.24, 2.45) is 0 Å². The number of benzene rings is 3. The zero-order valence-corrected chi connectivity index (χ0v) is 17.4. The fraction of sp³-hybridized carbons (Fsp3) is 0.0870. The molecule has 31 heavy (non-hydrogen) atoms. The third-order valence-corrected chi connectivity index (χ3v) is 5.46. The Bertz CT molecular complexity index is 1150. The largest absolute Gasteiger partial charge is 0.538 e. The minimum atomic E-state index is -0.587. The van der Waals surface area contributed by atoms with Crippen molar-refractivity contribution in [3.63, 3.8) is 0 Å². The second-order valence-electron chi connectivity index (χ2n) is 6.60. The molecular weight excluding hydrogens is 414 g/mol. The molecule has 0 radical (unpaired) electrons. The van der Waals surface area contributed by atoms with Crippen LogP contribution in [0.1, 0.15) is 6.92 Å². The van der Waals surface area contributed by atoms with Gasteiger partial charge in [0.2, 0.25) is 11.6 Å². The van der Waals surface area contributed by atoms with Crippen molar-refractivity contribution in [2.45, 2.75) is 17.2 Å². The summed E-state index contributed by atoms with van der Waals surface area (Å²) in [7, 11) is 0. The van der Waals surface area contributed by atoms with E-state index in [9.17, 15) is 9.90 Å². The Morgan fingerprint density at radius 3 is 2.29 bits per heavy atom. The molecule has 7 nitrogen and oxygen atoms in total. The van der Waals surface area contributed by atoms with E-state index in [1.165, 1.54) is 4.68 Å². The van der Waals surface area contributed by atoms with E-state index in [0.717, 1.165) is 17.5 Å². The van der Waals surface area contributed by atoms with Gasteiger partial charge in [0.15, 0.2) is 5.95 Å². The number of rotatable bonds is 7. The van der Waals surface area contributed by atoms with Crippen molar-refractivity contribution in [1.29, 1.82) is 0 Å². The number of carbonyl (C=O) groups is 1. The summed E-state index contributed by atoms with van der Waals surface area (Å²) in [5, 5.41) is 18.4. The Kier molecular flexibility index (Phi) is 6.18. The zero-order chi connectivity index (χ0) is 21.6. The maximum atomic E-state index is 12.6. The van der Waals surface area contributed by atoms with Crippen LogP contribution in [0.2, 0.25) is 0 Å². The van der Waals surface area contributed by atoms with Gasteiger partial charge in [0.1, 0.15) is 11.5 Å². The lowest BCUT2D eigenvalue weighted by atomic mass is 10.3. The highest BCUT2D eigenvalue weighted by atomic mass is 32.2. The van der Waals surface area contributed by atoms with Gasteiger partial charge in [-0.1, -0.05) is 36.4 Å². The van der Waals surface area contributed by atoms with Crippen LogP contribution in [0.4, 0.5) is 5.69 Å². The first-order valence-corrected chi connectivity index (χ1v) is 10.4. The van der Waals surface area contributed by atoms with Crippen LogP contribution in [0.15, 0.2) is 94.5 Å². The van der Waals surface area contributed by atoms with E-state index in [0.29, 0.717) is 17.1 Å². The molecule has 4 rings (SSSR count). The Hall–Kier alpha value is -3.78. The van der Waals surface area contributed by atoms with Gasteiger partial charge in [-0.05, 0) is 59.8 Å². The molecule has 4 aromatic rings. The van der Waals surface area contributed by atoms with Gasteiger partial charge in [-0.25, -0.2) is 0 Å². The first-order valence-electron chi connectivity index (χ1n) is 9.55. The lowest BCUT2D eigenvalue weighted by Crippen LogP contribution is -2.36. The normalized spacial score (nSPS) is 11.6. The van der Waals surface area contributed by atoms with Crippen molar-refractivity contribution in [3.8, 4) is 23.1 Å². The van der Waals surface area contributed by atoms with E-state index in [1.807, 2.05) is 48.5 Å². The lowest BCUT2D eigenvalue weighted by molar-refractivity contribution is -0.705. The number of amides is 1. The number of thioether (sulfide) groups is 1. The maximum absolute atomic E-state index is 12.6. The SMILES string of the molecule is CC(Sc1c([O-])on[n+]1-c1ccccc1)C(=O)Nc1ccc(Oc2ccccc2)cc1. The fourth-order valence-corrected chi connectivity index (χ4v) is 3.64. The Balaban J connectivity index is 1.40. The van der Waals surface area contributed by atoms with Gasteiger partial charge in [0.05, 0.1) is 10.5 Å². The van der Waals surface area contributed by atoms with Gasteiger partial charge in [-0.3, -0.25) is 4.79 Å². The Morgan fingerprint density at radius 1 is 1.00 bits per heavy atom. The summed E-state index contributed by atoms with van der Waals surface area (Å²) in [4.78, 5) is 12.6. The van der Waals surface area contributed by atoms with Crippen LogP contribution >= 0.6 is 11.8 Å². The number of nitrogens with one attached hydrogen (secondary N) is 1. The molecule has 0 aliphatic rings. The minimum absolute atomic E-state index is 0.237. The van der Waals surface area contributed by atoms with Gasteiger partial charge >= 0.3 is 0 Å². The quantitative estimate of drug-likeness (QED) is 0.351. The number of anilines is 1. The molecule has 156 valence electrons. The molecule has 1 amide bonds. The molecule has 0 fully saturated rings. The van der Waals surface area contributed by atoms with Crippen LogP contribution in [-0.2, 0) is 4.79 Å². The number of carbonyl (C=O) groups excluding carboxylic acids is 1. The van der Waals surface area contributed by atoms with Crippen molar-refractivity contribution in [2.75, 3.05) is 5.32 Å². The van der Waals surface area contributed by atoms with Crippen LogP contribution in [0.3, 0.4) is 0 Å². The molecule has 1 N–H and O–H groups in total. The Morgan fingerprint density at radius 2 is 1.61 bits per heavy atom. The molecule has 0 aliphatic carbocycles. The van der Waals surface area contributed by atoms with Gasteiger partial charge in [0.25, 0.3) is 5.03 Å². The smallest absolute Gasteiger partial charge is 0.298 e. The molecule has 0 spiro atoms. The maximum Gasteiger partial charge on any atom is 0.298 e. The van der Waals surface area contributed by atoms with Crippen LogP contribution in [-0.4, -0.2) is 16.4 Å². The van der Waals surface area contributed by atoms with Crippen molar-refractivity contribution >= 4 is 23.4 Å². The van der Waals surface area contributed by atoms with Crippen molar-refractivity contribution in [1.82, 2.24) is 5.27 Å². The van der Waals surface area contributed by atoms with Gasteiger partial charge in [-0.2, -0.15) is 0 Å². The van der Waals surface area contributed by atoms with Gasteiger partial charge < -0.3 is 19.7 Å². The molecule has 1 unspecified atom stereocenters. The van der Waals surface area contributed by atoms with Crippen LogP contribution in [0.25, 0.3) is 5.69 Å². The van der Waals surface area contributed by atoms with E-state index < -0.39 is 11.2 Å². The summed E-state index contributed by atoms with van der Waals surface area (Å²) in [6.45, 7) is 1.72. The molecule has 1 aromatic heterocycles. The van der Waals surface area contributed by atoms with E-state index in [2.05, 4.69) is 10.6 Å². The third-order valence-electron chi connectivity index (χ3n) is 4.33. The highest BCUT2D eigenvalue weighted by molar-refractivity contribution is 8.00. The van der Waals surface area contributed by atoms with E-state index in [1.54, 1.807) is 43.3 Å². The van der Waals surface area contributed by atoms with Crippen molar-refractivity contribution in [3.05, 3.63) is 84.9 Å². The van der Waals surface area contributed by atoms with E-state index in [-0.39, 0.29) is 10.9 Å². The Labute approximate surface area is 183 Å². The second kappa shape index (κ2) is 9.36. The number of aromatic nitrogens is 2. The van der Waals surface area contributed by atoms with Crippen molar-refractivity contribution < 1.29 is 23.8 Å². The third kappa shape index (κ3) is 5.04. The second-order valence-corrected chi connectivity index (χ2v) is 7.93. The topological polar surface area (TPSA) is 91.3 Å². The molecule has 0 bridgehead atoms. The average molecular weight is 433 g/mol. The predicted molar refractivity (Wildman–Crippen MR) is 114 cm³/mol. The molecule has 0 saturated carbocycles. The number of hydrogen-bond donors (Lipinski definition) is 1. The number of hydrogen-bond acceptors (Lipinski definition) is 6. The first kappa shape index (κ1) is 20.5. The summed E-state index contributed by atoms with van der Waals surface area (Å²) < 4.78 is 11.9.